The molecule has 1 heterocycles. The molecule has 100 valence electrons. The van der Waals surface area contributed by atoms with Gasteiger partial charge >= 0.3 is 11.8 Å². The van der Waals surface area contributed by atoms with E-state index >= 15 is 0 Å². The molecule has 1 aliphatic heterocycles. The lowest BCUT2D eigenvalue weighted by Crippen LogP contribution is -2.37. The molecule has 1 N–H and O–H groups in total. The minimum absolute atomic E-state index is 0.0361. The first kappa shape index (κ1) is 13.3. The third-order valence-electron chi connectivity index (χ3n) is 3.14. The van der Waals surface area contributed by atoms with Gasteiger partial charge < -0.3 is 10.2 Å². The van der Waals surface area contributed by atoms with Gasteiger partial charge in [0, 0.05) is 24.3 Å². The fraction of sp³-hybridized carbons (Fsp3) is 0.357. The number of Topliss-reactive ketones (excluding diaryl/α,β-unsaturated/α-hetero) is 1. The van der Waals surface area contributed by atoms with Gasteiger partial charge in [-0.2, -0.15) is 0 Å². The molecular weight excluding hydrogens is 244 g/mol. The predicted octanol–water partition coefficient (Wildman–Crippen LogP) is 1.45. The van der Waals surface area contributed by atoms with Crippen molar-refractivity contribution in [2.45, 2.75) is 19.8 Å². The molecule has 0 unspecified atom stereocenters. The zero-order valence-corrected chi connectivity index (χ0v) is 10.8. The van der Waals surface area contributed by atoms with Crippen molar-refractivity contribution in [1.82, 2.24) is 4.90 Å². The molecule has 1 aromatic rings. The van der Waals surface area contributed by atoms with Crippen LogP contribution in [0.3, 0.4) is 0 Å². The summed E-state index contributed by atoms with van der Waals surface area (Å²) in [5.41, 5.74) is 1.09. The Labute approximate surface area is 111 Å². The minimum Gasteiger partial charge on any atom is -0.334 e. The number of rotatable bonds is 2. The van der Waals surface area contributed by atoms with E-state index in [9.17, 15) is 14.4 Å². The zero-order valence-electron chi connectivity index (χ0n) is 10.8. The van der Waals surface area contributed by atoms with Crippen LogP contribution in [-0.2, 0) is 9.59 Å². The van der Waals surface area contributed by atoms with E-state index in [2.05, 4.69) is 5.32 Å². The Bertz CT molecular complexity index is 502. The van der Waals surface area contributed by atoms with Crippen LogP contribution in [0.1, 0.15) is 30.1 Å². The number of benzene rings is 1. The van der Waals surface area contributed by atoms with Gasteiger partial charge in [0.1, 0.15) is 0 Å². The maximum Gasteiger partial charge on any atom is 0.313 e. The number of nitrogens with zero attached hydrogens (tertiary/aromatic N) is 1. The SMILES string of the molecule is CC(=O)c1ccc(NC(=O)C(=O)N2CCCC2)cc1. The molecule has 1 fully saturated rings. The Hall–Kier alpha value is -2.17. The van der Waals surface area contributed by atoms with Crippen molar-refractivity contribution in [2.24, 2.45) is 0 Å². The maximum absolute atomic E-state index is 11.8. The van der Waals surface area contributed by atoms with E-state index in [1.165, 1.54) is 6.92 Å². The Morgan fingerprint density at radius 2 is 1.63 bits per heavy atom. The molecule has 1 saturated heterocycles. The van der Waals surface area contributed by atoms with Crippen LogP contribution in [0.2, 0.25) is 0 Å². The van der Waals surface area contributed by atoms with Crippen LogP contribution in [-0.4, -0.2) is 35.6 Å². The summed E-state index contributed by atoms with van der Waals surface area (Å²) in [6.45, 7) is 2.77. The smallest absolute Gasteiger partial charge is 0.313 e. The molecular formula is C14H16N2O3. The molecule has 2 rings (SSSR count). The highest BCUT2D eigenvalue weighted by Crippen LogP contribution is 2.12. The lowest BCUT2D eigenvalue weighted by atomic mass is 10.1. The number of nitrogens with one attached hydrogen (secondary N) is 1. The topological polar surface area (TPSA) is 66.5 Å². The summed E-state index contributed by atoms with van der Waals surface area (Å²) in [7, 11) is 0. The van der Waals surface area contributed by atoms with Gasteiger partial charge in [-0.25, -0.2) is 0 Å². The number of carbonyl (C=O) groups is 3. The number of amides is 2. The monoisotopic (exact) mass is 260 g/mol. The van der Waals surface area contributed by atoms with Crippen molar-refractivity contribution in [1.29, 1.82) is 0 Å². The lowest BCUT2D eigenvalue weighted by Gasteiger charge is -2.14. The summed E-state index contributed by atoms with van der Waals surface area (Å²) >= 11 is 0. The van der Waals surface area contributed by atoms with Crippen molar-refractivity contribution in [3.8, 4) is 0 Å². The predicted molar refractivity (Wildman–Crippen MR) is 70.9 cm³/mol. The first-order valence-corrected chi connectivity index (χ1v) is 6.29. The fourth-order valence-electron chi connectivity index (χ4n) is 2.04. The second kappa shape index (κ2) is 5.65. The van der Waals surface area contributed by atoms with E-state index in [4.69, 9.17) is 0 Å². The summed E-state index contributed by atoms with van der Waals surface area (Å²) in [4.78, 5) is 36.2. The van der Waals surface area contributed by atoms with Crippen molar-refractivity contribution >= 4 is 23.3 Å². The average Bonchev–Trinajstić information content (AvgIpc) is 2.92. The second-order valence-electron chi connectivity index (χ2n) is 4.59. The summed E-state index contributed by atoms with van der Waals surface area (Å²) in [6, 6.07) is 6.48. The molecule has 0 aliphatic carbocycles. The number of hydrogen-bond acceptors (Lipinski definition) is 3. The van der Waals surface area contributed by atoms with E-state index in [0.29, 0.717) is 24.3 Å². The van der Waals surface area contributed by atoms with Crippen LogP contribution in [0.25, 0.3) is 0 Å². The average molecular weight is 260 g/mol. The van der Waals surface area contributed by atoms with Gasteiger partial charge in [0.2, 0.25) is 0 Å². The first-order valence-electron chi connectivity index (χ1n) is 6.29. The fourth-order valence-corrected chi connectivity index (χ4v) is 2.04. The summed E-state index contributed by atoms with van der Waals surface area (Å²) < 4.78 is 0. The number of anilines is 1. The minimum atomic E-state index is -0.627. The van der Waals surface area contributed by atoms with E-state index in [1.54, 1.807) is 29.2 Å². The summed E-state index contributed by atoms with van der Waals surface area (Å²) in [6.07, 6.45) is 1.90. The third-order valence-corrected chi connectivity index (χ3v) is 3.14. The lowest BCUT2D eigenvalue weighted by molar-refractivity contribution is -0.142. The molecule has 1 aliphatic rings. The summed E-state index contributed by atoms with van der Waals surface area (Å²) in [5.74, 6) is -1.16. The van der Waals surface area contributed by atoms with E-state index < -0.39 is 11.8 Å². The van der Waals surface area contributed by atoms with Crippen LogP contribution in [0.4, 0.5) is 5.69 Å². The highest BCUT2D eigenvalue weighted by atomic mass is 16.2. The normalized spacial score (nSPS) is 14.3. The van der Waals surface area contributed by atoms with Crippen LogP contribution >= 0.6 is 0 Å². The van der Waals surface area contributed by atoms with Gasteiger partial charge in [-0.1, -0.05) is 0 Å². The number of hydrogen-bond donors (Lipinski definition) is 1. The van der Waals surface area contributed by atoms with Crippen LogP contribution in [0, 0.1) is 0 Å². The van der Waals surface area contributed by atoms with Crippen LogP contribution in [0.15, 0.2) is 24.3 Å². The summed E-state index contributed by atoms with van der Waals surface area (Å²) in [5, 5.41) is 2.54. The molecule has 0 aromatic heterocycles. The standard InChI is InChI=1S/C14H16N2O3/c1-10(17)11-4-6-12(7-5-11)15-13(18)14(19)16-8-2-3-9-16/h4-7H,2-3,8-9H2,1H3,(H,15,18). The first-order chi connectivity index (χ1) is 9.08. The second-order valence-corrected chi connectivity index (χ2v) is 4.59. The molecule has 2 amide bonds. The zero-order chi connectivity index (χ0) is 13.8. The third kappa shape index (κ3) is 3.19. The van der Waals surface area contributed by atoms with Crippen LogP contribution in [0.5, 0.6) is 0 Å². The van der Waals surface area contributed by atoms with Crippen molar-refractivity contribution in [3.05, 3.63) is 29.8 Å². The number of ketones is 1. The van der Waals surface area contributed by atoms with Crippen molar-refractivity contribution < 1.29 is 14.4 Å². The van der Waals surface area contributed by atoms with E-state index in [-0.39, 0.29) is 5.78 Å². The molecule has 5 heteroatoms. The van der Waals surface area contributed by atoms with Crippen molar-refractivity contribution in [2.75, 3.05) is 18.4 Å². The Morgan fingerprint density at radius 3 is 2.16 bits per heavy atom. The Kier molecular flexibility index (Phi) is 3.94. The molecule has 5 nitrogen and oxygen atoms in total. The van der Waals surface area contributed by atoms with Crippen molar-refractivity contribution in [3.63, 3.8) is 0 Å². The molecule has 0 atom stereocenters. The Morgan fingerprint density at radius 1 is 1.05 bits per heavy atom. The van der Waals surface area contributed by atoms with Gasteiger partial charge in [-0.3, -0.25) is 14.4 Å². The largest absolute Gasteiger partial charge is 0.334 e. The van der Waals surface area contributed by atoms with Gasteiger partial charge in [0.25, 0.3) is 0 Å². The number of carbonyl (C=O) groups excluding carboxylic acids is 3. The maximum atomic E-state index is 11.8. The van der Waals surface area contributed by atoms with Gasteiger partial charge in [0.15, 0.2) is 5.78 Å². The molecule has 19 heavy (non-hydrogen) atoms. The number of likely N-dealkylation sites (tertiary alicyclic amines) is 1. The molecule has 1 aromatic carbocycles. The van der Waals surface area contributed by atoms with E-state index in [0.717, 1.165) is 12.8 Å². The van der Waals surface area contributed by atoms with E-state index in [1.807, 2.05) is 0 Å². The van der Waals surface area contributed by atoms with Gasteiger partial charge in [0.05, 0.1) is 0 Å². The highest BCUT2D eigenvalue weighted by Gasteiger charge is 2.24. The Balaban J connectivity index is 1.98. The quantitative estimate of drug-likeness (QED) is 0.646. The molecule has 0 bridgehead atoms. The highest BCUT2D eigenvalue weighted by molar-refractivity contribution is 6.39. The van der Waals surface area contributed by atoms with Gasteiger partial charge in [-0.05, 0) is 44.0 Å². The molecule has 0 saturated carbocycles. The molecule has 0 radical (unpaired) electrons. The van der Waals surface area contributed by atoms with Crippen LogP contribution < -0.4 is 5.32 Å². The molecule has 0 spiro atoms. The van der Waals surface area contributed by atoms with Gasteiger partial charge in [-0.15, -0.1) is 0 Å².